The van der Waals surface area contributed by atoms with E-state index in [4.69, 9.17) is 49.6 Å². The van der Waals surface area contributed by atoms with E-state index in [9.17, 15) is 9.59 Å². The van der Waals surface area contributed by atoms with E-state index in [1.54, 1.807) is 74.3 Å². The third-order valence-corrected chi connectivity index (χ3v) is 9.74. The number of aliphatic hydroxyl groups is 1. The lowest BCUT2D eigenvalue weighted by Crippen LogP contribution is -2.27. The Bertz CT molecular complexity index is 2140. The Morgan fingerprint density at radius 1 is 0.789 bits per heavy atom. The summed E-state index contributed by atoms with van der Waals surface area (Å²) in [4.78, 5) is 38.8. The highest BCUT2D eigenvalue weighted by atomic mass is 35.5. The van der Waals surface area contributed by atoms with Crippen LogP contribution in [0.3, 0.4) is 0 Å². The van der Waals surface area contributed by atoms with Crippen LogP contribution in [0.25, 0.3) is 0 Å². The number of carbonyl (C=O) groups is 2. The lowest BCUT2D eigenvalue weighted by atomic mass is 10.0. The van der Waals surface area contributed by atoms with Crippen LogP contribution < -0.4 is 31.4 Å². The van der Waals surface area contributed by atoms with E-state index in [1.807, 2.05) is 13.0 Å². The molecule has 0 spiro atoms. The van der Waals surface area contributed by atoms with Crippen molar-refractivity contribution < 1.29 is 33.2 Å². The van der Waals surface area contributed by atoms with E-state index < -0.39 is 23.4 Å². The number of nitrogens with one attached hydrogen (secondary N) is 4. The molecule has 11 nitrogen and oxygen atoms in total. The number of anilines is 6. The molecule has 0 atom stereocenters. The molecule has 304 valence electrons. The predicted molar refractivity (Wildman–Crippen MR) is 225 cm³/mol. The van der Waals surface area contributed by atoms with Gasteiger partial charge in [0.2, 0.25) is 0 Å². The number of benzene rings is 4. The van der Waals surface area contributed by atoms with Gasteiger partial charge in [0.05, 0.1) is 63.7 Å². The van der Waals surface area contributed by atoms with Gasteiger partial charge < -0.3 is 25.5 Å². The predicted octanol–water partition coefficient (Wildman–Crippen LogP) is 9.91. The Balaban J connectivity index is 0.000000253. The monoisotopic (exact) mass is 844 g/mol. The molecule has 4 aromatic carbocycles. The minimum atomic E-state index is -0.696. The van der Waals surface area contributed by atoms with Crippen molar-refractivity contribution in [3.8, 4) is 0 Å². The molecular formula is C41H45Cl3F2N6O5. The van der Waals surface area contributed by atoms with Gasteiger partial charge in [-0.2, -0.15) is 0 Å². The van der Waals surface area contributed by atoms with E-state index in [-0.39, 0.29) is 40.7 Å². The molecule has 2 amide bonds. The third-order valence-electron chi connectivity index (χ3n) is 8.88. The maximum absolute atomic E-state index is 15.3. The van der Waals surface area contributed by atoms with Crippen LogP contribution in [0.15, 0.2) is 74.1 Å². The van der Waals surface area contributed by atoms with E-state index >= 15 is 8.78 Å². The van der Waals surface area contributed by atoms with Crippen molar-refractivity contribution in [1.82, 2.24) is 11.0 Å². The van der Waals surface area contributed by atoms with Crippen molar-refractivity contribution >= 4 is 80.7 Å². The molecule has 0 radical (unpaired) electrons. The summed E-state index contributed by atoms with van der Waals surface area (Å²) in [6, 6.07) is 13.2. The van der Waals surface area contributed by atoms with E-state index in [1.165, 1.54) is 18.3 Å². The van der Waals surface area contributed by atoms with Crippen LogP contribution in [-0.2, 0) is 9.68 Å². The van der Waals surface area contributed by atoms with Crippen LogP contribution in [0.5, 0.6) is 0 Å². The maximum Gasteiger partial charge on any atom is 0.277 e. The van der Waals surface area contributed by atoms with Crippen LogP contribution in [0.4, 0.5) is 42.9 Å². The summed E-state index contributed by atoms with van der Waals surface area (Å²) >= 11 is 18.4. The van der Waals surface area contributed by atoms with E-state index in [2.05, 4.69) is 34.8 Å². The van der Waals surface area contributed by atoms with Crippen molar-refractivity contribution in [3.05, 3.63) is 129 Å². The van der Waals surface area contributed by atoms with Crippen molar-refractivity contribution in [3.63, 3.8) is 0 Å². The molecule has 5 rings (SSSR count). The first-order chi connectivity index (χ1) is 27.1. The lowest BCUT2D eigenvalue weighted by molar-refractivity contribution is 0.0168. The second kappa shape index (κ2) is 20.5. The van der Waals surface area contributed by atoms with Crippen LogP contribution in [0, 0.1) is 38.3 Å². The van der Waals surface area contributed by atoms with Crippen LogP contribution >= 0.6 is 34.8 Å². The Morgan fingerprint density at radius 3 is 1.70 bits per heavy atom. The first-order valence-corrected chi connectivity index (χ1v) is 18.8. The highest BCUT2D eigenvalue weighted by Gasteiger charge is 2.26. The van der Waals surface area contributed by atoms with E-state index in [0.717, 1.165) is 18.4 Å². The number of aliphatic hydroxyl groups excluding tert-OH is 1. The highest BCUT2D eigenvalue weighted by Crippen LogP contribution is 2.37. The Hall–Kier alpha value is -4.89. The fraction of sp³-hybridized carbons (Fsp3) is 0.268. The summed E-state index contributed by atoms with van der Waals surface area (Å²) in [6.07, 6.45) is 5.25. The molecule has 4 aromatic rings. The van der Waals surface area contributed by atoms with Gasteiger partial charge in [0.25, 0.3) is 11.8 Å². The second-order valence-electron chi connectivity index (χ2n) is 13.1. The summed E-state index contributed by atoms with van der Waals surface area (Å²) < 4.78 is 30.6. The van der Waals surface area contributed by atoms with Gasteiger partial charge in [0.1, 0.15) is 0 Å². The number of hydroxylamine groups is 2. The molecule has 1 fully saturated rings. The Labute approximate surface area is 346 Å². The topological polar surface area (TPSA) is 127 Å². The fourth-order valence-electron chi connectivity index (χ4n) is 5.37. The molecular weight excluding hydrogens is 801 g/mol. The number of aryl methyl sites for hydroxylation is 1. The van der Waals surface area contributed by atoms with E-state index in [0.29, 0.717) is 56.4 Å². The SMILES string of the molecule is C=CN(C)c1cc(C(=O)NOCC2CC2)c(Nc2ccc(C)cc2Cl)c(F)c1C.C=CN(C)c1cc(C(=O)NOCCO)c(Nc2ccc(Cl)cc2Cl)c(F)c1C. The van der Waals surface area contributed by atoms with Crippen LogP contribution in [0.2, 0.25) is 15.1 Å². The van der Waals surface area contributed by atoms with Crippen molar-refractivity contribution in [2.75, 3.05) is 54.3 Å². The Kier molecular flexibility index (Phi) is 16.1. The fourth-order valence-corrected chi connectivity index (χ4v) is 6.10. The van der Waals surface area contributed by atoms with Gasteiger partial charge in [-0.25, -0.2) is 19.7 Å². The standard InChI is InChI=1S/C22H25ClFN3O2.C19H20Cl2FN3O3/c1-5-27(4)19-11-16(22(28)26-29-12-15-7-8-15)21(20(24)14(19)3)25-18-9-6-13(2)10-17(18)23;1-4-25(3)16-10-13(19(27)24-28-8-7-26)18(17(22)11(16)2)23-15-6-5-12(20)9-14(15)21/h5-6,9-11,15,25H,1,7-8,12H2,2-4H3,(H,26,28);4-6,9-10,23,26H,1,7-8H2,2-3H3,(H,24,27). The van der Waals surface area contributed by atoms with Crippen LogP contribution in [0.1, 0.15) is 50.2 Å². The van der Waals surface area contributed by atoms with Gasteiger partial charge in [0, 0.05) is 41.6 Å². The number of amides is 2. The van der Waals surface area contributed by atoms with Crippen molar-refractivity contribution in [1.29, 1.82) is 0 Å². The number of rotatable bonds is 16. The molecule has 0 aromatic heterocycles. The molecule has 1 aliphatic rings. The Morgan fingerprint density at radius 2 is 1.26 bits per heavy atom. The normalized spacial score (nSPS) is 11.8. The molecule has 0 aliphatic heterocycles. The van der Waals surface area contributed by atoms with Gasteiger partial charge in [0.15, 0.2) is 11.6 Å². The molecule has 0 bridgehead atoms. The average molecular weight is 846 g/mol. The number of halogens is 5. The largest absolute Gasteiger partial charge is 0.394 e. The molecule has 5 N–H and O–H groups in total. The van der Waals surface area contributed by atoms with Gasteiger partial charge in [-0.15, -0.1) is 0 Å². The number of nitrogens with zero attached hydrogens (tertiary/aromatic N) is 2. The second-order valence-corrected chi connectivity index (χ2v) is 14.4. The molecule has 16 heteroatoms. The summed E-state index contributed by atoms with van der Waals surface area (Å²) in [5.41, 5.74) is 8.21. The first kappa shape index (κ1) is 44.8. The quantitative estimate of drug-likeness (QED) is 0.0554. The maximum atomic E-state index is 15.3. The van der Waals surface area contributed by atoms with Gasteiger partial charge in [-0.1, -0.05) is 54.0 Å². The summed E-state index contributed by atoms with van der Waals surface area (Å²) in [7, 11) is 3.42. The van der Waals surface area contributed by atoms with Crippen LogP contribution in [-0.4, -0.2) is 50.8 Å². The summed E-state index contributed by atoms with van der Waals surface area (Å²) in [5, 5.41) is 15.8. The van der Waals surface area contributed by atoms with Gasteiger partial charge in [-0.3, -0.25) is 19.3 Å². The number of hydrogen-bond donors (Lipinski definition) is 5. The zero-order valence-corrected chi connectivity index (χ0v) is 34.4. The molecule has 0 saturated heterocycles. The summed E-state index contributed by atoms with van der Waals surface area (Å²) in [6.45, 7) is 12.6. The average Bonchev–Trinajstić information content (AvgIpc) is 4.01. The molecule has 0 unspecified atom stereocenters. The molecule has 1 aliphatic carbocycles. The minimum Gasteiger partial charge on any atom is -0.394 e. The number of hydrogen-bond acceptors (Lipinski definition) is 9. The number of carbonyl (C=O) groups excluding carboxylic acids is 2. The first-order valence-electron chi connectivity index (χ1n) is 17.7. The third kappa shape index (κ3) is 11.6. The zero-order chi connectivity index (χ0) is 42.0. The zero-order valence-electron chi connectivity index (χ0n) is 32.2. The van der Waals surface area contributed by atoms with Crippen molar-refractivity contribution in [2.45, 2.75) is 33.6 Å². The molecule has 57 heavy (non-hydrogen) atoms. The molecule has 1 saturated carbocycles. The van der Waals surface area contributed by atoms with Gasteiger partial charge in [-0.05, 0) is 100.0 Å². The highest BCUT2D eigenvalue weighted by molar-refractivity contribution is 6.36. The summed E-state index contributed by atoms with van der Waals surface area (Å²) in [5.74, 6) is -1.92. The molecule has 0 heterocycles. The van der Waals surface area contributed by atoms with Gasteiger partial charge >= 0.3 is 0 Å². The smallest absolute Gasteiger partial charge is 0.277 e. The van der Waals surface area contributed by atoms with Crippen molar-refractivity contribution in [2.24, 2.45) is 5.92 Å². The minimum absolute atomic E-state index is 0.0178. The lowest BCUT2D eigenvalue weighted by Gasteiger charge is -2.22.